The SMILES string of the molecule is CN(C)CCOc1ccc(NC(=O)Nc2ccc(F)cc2F)cc1. The zero-order chi connectivity index (χ0) is 17.5. The van der Waals surface area contributed by atoms with Crippen molar-refractivity contribution in [2.45, 2.75) is 0 Å². The fraction of sp³-hybridized carbons (Fsp3) is 0.235. The molecule has 2 rings (SSSR count). The number of ether oxygens (including phenoxy) is 1. The van der Waals surface area contributed by atoms with Crippen molar-refractivity contribution in [1.29, 1.82) is 0 Å². The van der Waals surface area contributed by atoms with E-state index in [1.165, 1.54) is 0 Å². The topological polar surface area (TPSA) is 53.6 Å². The Balaban J connectivity index is 1.87. The molecule has 0 radical (unpaired) electrons. The zero-order valence-electron chi connectivity index (χ0n) is 13.5. The molecule has 0 spiro atoms. The van der Waals surface area contributed by atoms with Gasteiger partial charge in [-0.05, 0) is 50.5 Å². The second-order valence-electron chi connectivity index (χ2n) is 5.38. The Morgan fingerprint density at radius 2 is 1.79 bits per heavy atom. The summed E-state index contributed by atoms with van der Waals surface area (Å²) in [6.07, 6.45) is 0. The quantitative estimate of drug-likeness (QED) is 0.849. The average molecular weight is 335 g/mol. The van der Waals surface area contributed by atoms with E-state index in [1.807, 2.05) is 19.0 Å². The Kier molecular flexibility index (Phi) is 6.08. The third-order valence-corrected chi connectivity index (χ3v) is 3.10. The van der Waals surface area contributed by atoms with E-state index >= 15 is 0 Å². The van der Waals surface area contributed by atoms with Gasteiger partial charge in [0.25, 0.3) is 0 Å². The van der Waals surface area contributed by atoms with Gasteiger partial charge in [0.15, 0.2) is 0 Å². The maximum atomic E-state index is 13.5. The molecule has 0 aliphatic carbocycles. The van der Waals surface area contributed by atoms with Gasteiger partial charge in [0, 0.05) is 18.3 Å². The number of halogens is 2. The molecule has 128 valence electrons. The number of urea groups is 1. The number of anilines is 2. The first-order valence-electron chi connectivity index (χ1n) is 7.34. The van der Waals surface area contributed by atoms with Gasteiger partial charge >= 0.3 is 6.03 Å². The second-order valence-corrected chi connectivity index (χ2v) is 5.38. The number of carbonyl (C=O) groups excluding carboxylic acids is 1. The van der Waals surface area contributed by atoms with E-state index in [0.29, 0.717) is 24.1 Å². The third-order valence-electron chi connectivity index (χ3n) is 3.10. The normalized spacial score (nSPS) is 10.5. The highest BCUT2D eigenvalue weighted by atomic mass is 19.1. The van der Waals surface area contributed by atoms with Crippen molar-refractivity contribution in [2.75, 3.05) is 37.9 Å². The number of hydrogen-bond donors (Lipinski definition) is 2. The lowest BCUT2D eigenvalue weighted by Gasteiger charge is -2.12. The molecule has 0 bridgehead atoms. The van der Waals surface area contributed by atoms with Gasteiger partial charge in [0.05, 0.1) is 5.69 Å². The van der Waals surface area contributed by atoms with Crippen LogP contribution in [0.5, 0.6) is 5.75 Å². The van der Waals surface area contributed by atoms with Crippen LogP contribution in [0, 0.1) is 11.6 Å². The van der Waals surface area contributed by atoms with Crippen molar-refractivity contribution in [3.8, 4) is 5.75 Å². The van der Waals surface area contributed by atoms with Crippen LogP contribution in [0.15, 0.2) is 42.5 Å². The molecular weight excluding hydrogens is 316 g/mol. The molecule has 7 heteroatoms. The molecule has 0 heterocycles. The maximum Gasteiger partial charge on any atom is 0.323 e. The number of rotatable bonds is 6. The van der Waals surface area contributed by atoms with Crippen LogP contribution in [0.25, 0.3) is 0 Å². The molecule has 0 saturated carbocycles. The number of amides is 2. The number of benzene rings is 2. The average Bonchev–Trinajstić information content (AvgIpc) is 2.51. The van der Waals surface area contributed by atoms with E-state index in [4.69, 9.17) is 4.74 Å². The zero-order valence-corrected chi connectivity index (χ0v) is 13.5. The largest absolute Gasteiger partial charge is 0.492 e. The number of carbonyl (C=O) groups is 1. The predicted molar refractivity (Wildman–Crippen MR) is 89.5 cm³/mol. The van der Waals surface area contributed by atoms with Gasteiger partial charge in [-0.25, -0.2) is 13.6 Å². The van der Waals surface area contributed by atoms with Crippen molar-refractivity contribution in [3.63, 3.8) is 0 Å². The fourth-order valence-corrected chi connectivity index (χ4v) is 1.86. The summed E-state index contributed by atoms with van der Waals surface area (Å²) < 4.78 is 31.8. The van der Waals surface area contributed by atoms with Crippen LogP contribution in [0.1, 0.15) is 0 Å². The molecule has 0 atom stereocenters. The molecule has 0 aliphatic heterocycles. The molecule has 0 aliphatic rings. The van der Waals surface area contributed by atoms with Crippen LogP contribution >= 0.6 is 0 Å². The van der Waals surface area contributed by atoms with Crippen LogP contribution in [0.3, 0.4) is 0 Å². The lowest BCUT2D eigenvalue weighted by atomic mass is 10.3. The fourth-order valence-electron chi connectivity index (χ4n) is 1.86. The summed E-state index contributed by atoms with van der Waals surface area (Å²) >= 11 is 0. The second kappa shape index (κ2) is 8.26. The van der Waals surface area contributed by atoms with E-state index in [-0.39, 0.29) is 5.69 Å². The minimum atomic E-state index is -0.838. The van der Waals surface area contributed by atoms with Crippen LogP contribution in [-0.2, 0) is 0 Å². The summed E-state index contributed by atoms with van der Waals surface area (Å²) in [4.78, 5) is 13.8. The first-order valence-corrected chi connectivity index (χ1v) is 7.34. The molecule has 0 unspecified atom stereocenters. The van der Waals surface area contributed by atoms with Crippen molar-refractivity contribution in [3.05, 3.63) is 54.1 Å². The Labute approximate surface area is 139 Å². The smallest absolute Gasteiger partial charge is 0.323 e. The molecule has 24 heavy (non-hydrogen) atoms. The molecule has 5 nitrogen and oxygen atoms in total. The van der Waals surface area contributed by atoms with Gasteiger partial charge in [-0.15, -0.1) is 0 Å². The minimum absolute atomic E-state index is 0.0995. The van der Waals surface area contributed by atoms with Gasteiger partial charge < -0.3 is 20.3 Å². The number of hydrogen-bond acceptors (Lipinski definition) is 3. The van der Waals surface area contributed by atoms with Crippen LogP contribution < -0.4 is 15.4 Å². The molecular formula is C17H19F2N3O2. The van der Waals surface area contributed by atoms with E-state index in [9.17, 15) is 13.6 Å². The van der Waals surface area contributed by atoms with E-state index < -0.39 is 17.7 Å². The molecule has 2 amide bonds. The summed E-state index contributed by atoms with van der Waals surface area (Å²) in [5.74, 6) is -0.856. The highest BCUT2D eigenvalue weighted by Crippen LogP contribution is 2.18. The third kappa shape index (κ3) is 5.51. The van der Waals surface area contributed by atoms with Gasteiger partial charge in [-0.1, -0.05) is 0 Å². The Hall–Kier alpha value is -2.67. The lowest BCUT2D eigenvalue weighted by Crippen LogP contribution is -2.20. The molecule has 2 aromatic carbocycles. The van der Waals surface area contributed by atoms with E-state index in [0.717, 1.165) is 18.7 Å². The van der Waals surface area contributed by atoms with E-state index in [2.05, 4.69) is 10.6 Å². The van der Waals surface area contributed by atoms with Gasteiger partial charge in [0.1, 0.15) is 24.0 Å². The summed E-state index contributed by atoms with van der Waals surface area (Å²) in [6.45, 7) is 1.36. The summed E-state index contributed by atoms with van der Waals surface area (Å²) in [7, 11) is 3.91. The highest BCUT2D eigenvalue weighted by Gasteiger charge is 2.08. The van der Waals surface area contributed by atoms with Gasteiger partial charge in [-0.3, -0.25) is 0 Å². The van der Waals surface area contributed by atoms with Crippen LogP contribution in [0.4, 0.5) is 25.0 Å². The van der Waals surface area contributed by atoms with Crippen molar-refractivity contribution in [2.24, 2.45) is 0 Å². The molecule has 0 fully saturated rings. The first-order chi connectivity index (χ1) is 11.4. The van der Waals surface area contributed by atoms with Gasteiger partial charge in [0.2, 0.25) is 0 Å². The number of nitrogens with one attached hydrogen (secondary N) is 2. The van der Waals surface area contributed by atoms with Crippen molar-refractivity contribution < 1.29 is 18.3 Å². The first kappa shape index (κ1) is 17.7. The molecule has 2 aromatic rings. The van der Waals surface area contributed by atoms with Crippen molar-refractivity contribution in [1.82, 2.24) is 4.90 Å². The van der Waals surface area contributed by atoms with E-state index in [1.54, 1.807) is 24.3 Å². The summed E-state index contributed by atoms with van der Waals surface area (Å²) in [6, 6.07) is 9.10. The number of nitrogens with zero attached hydrogens (tertiary/aromatic N) is 1. The predicted octanol–water partition coefficient (Wildman–Crippen LogP) is 3.55. The maximum absolute atomic E-state index is 13.5. The molecule has 2 N–H and O–H groups in total. The summed E-state index contributed by atoms with van der Waals surface area (Å²) in [5.41, 5.74) is 0.424. The lowest BCUT2D eigenvalue weighted by molar-refractivity contribution is 0.261. The Bertz CT molecular complexity index is 691. The Morgan fingerprint density at radius 1 is 1.08 bits per heavy atom. The van der Waals surface area contributed by atoms with Crippen molar-refractivity contribution >= 4 is 17.4 Å². The standard InChI is InChI=1S/C17H19F2N3O2/c1-22(2)9-10-24-14-6-4-13(5-7-14)20-17(23)21-16-8-3-12(18)11-15(16)19/h3-8,11H,9-10H2,1-2H3,(H2,20,21,23). The van der Waals surface area contributed by atoms with Crippen LogP contribution in [0.2, 0.25) is 0 Å². The summed E-state index contributed by atoms with van der Waals surface area (Å²) in [5, 5.41) is 4.88. The Morgan fingerprint density at radius 3 is 2.42 bits per heavy atom. The monoisotopic (exact) mass is 335 g/mol. The molecule has 0 saturated heterocycles. The minimum Gasteiger partial charge on any atom is -0.492 e. The van der Waals surface area contributed by atoms with Crippen LogP contribution in [-0.4, -0.2) is 38.2 Å². The highest BCUT2D eigenvalue weighted by molar-refractivity contribution is 5.99. The number of likely N-dealkylation sites (N-methyl/N-ethyl adjacent to an activating group) is 1. The molecule has 0 aromatic heterocycles. The van der Waals surface area contributed by atoms with Gasteiger partial charge in [-0.2, -0.15) is 0 Å².